The predicted octanol–water partition coefficient (Wildman–Crippen LogP) is 10.5. The van der Waals surface area contributed by atoms with E-state index in [0.717, 1.165) is 89.0 Å². The van der Waals surface area contributed by atoms with Crippen molar-refractivity contribution in [3.8, 4) is 45.1 Å². The molecule has 6 aromatic heterocycles. The van der Waals surface area contributed by atoms with Crippen molar-refractivity contribution in [1.29, 1.82) is 0 Å². The first-order valence-electron chi connectivity index (χ1n) is 16.6. The Morgan fingerprint density at radius 3 is 1.42 bits per heavy atom. The molecule has 0 aliphatic heterocycles. The first kappa shape index (κ1) is 28.1. The number of hydrogen-bond donors (Lipinski definition) is 0. The molecule has 0 radical (unpaired) electrons. The number of para-hydroxylation sites is 2. The maximum absolute atomic E-state index is 5.13. The molecule has 234 valence electrons. The first-order chi connectivity index (χ1) is 24.8. The van der Waals surface area contributed by atoms with E-state index in [0.29, 0.717) is 0 Å². The average molecular weight is 641 g/mol. The molecule has 10 aromatic rings. The first-order valence-corrected chi connectivity index (χ1v) is 16.6. The molecule has 4 aromatic carbocycles. The van der Waals surface area contributed by atoms with Crippen LogP contribution in [-0.2, 0) is 0 Å². The van der Waals surface area contributed by atoms with Crippen LogP contribution in [0.25, 0.3) is 89.0 Å². The number of hydrogen-bond acceptors (Lipinski definition) is 4. The van der Waals surface area contributed by atoms with Gasteiger partial charge >= 0.3 is 0 Å². The Morgan fingerprint density at radius 1 is 0.340 bits per heavy atom. The van der Waals surface area contributed by atoms with Crippen molar-refractivity contribution in [2.75, 3.05) is 0 Å². The molecule has 50 heavy (non-hydrogen) atoms. The maximum Gasteiger partial charge on any atom is 0.0963 e. The largest absolute Gasteiger partial charge is 0.308 e. The molecular weight excluding hydrogens is 613 g/mol. The third kappa shape index (κ3) is 4.50. The molecule has 0 spiro atoms. The molecule has 0 unspecified atom stereocenters. The van der Waals surface area contributed by atoms with Gasteiger partial charge in [-0.15, -0.1) is 0 Å². The van der Waals surface area contributed by atoms with Gasteiger partial charge in [0, 0.05) is 46.3 Å². The highest BCUT2D eigenvalue weighted by atomic mass is 15.0. The van der Waals surface area contributed by atoms with E-state index in [4.69, 9.17) is 15.0 Å². The Balaban J connectivity index is 1.07. The second-order valence-electron chi connectivity index (χ2n) is 12.4. The van der Waals surface area contributed by atoms with Crippen molar-refractivity contribution in [1.82, 2.24) is 29.1 Å². The smallest absolute Gasteiger partial charge is 0.0963 e. The number of aromatic nitrogens is 6. The minimum atomic E-state index is 0.827. The minimum absolute atomic E-state index is 0.827. The summed E-state index contributed by atoms with van der Waals surface area (Å²) in [7, 11) is 0. The van der Waals surface area contributed by atoms with Crippen molar-refractivity contribution in [2.24, 2.45) is 0 Å². The molecule has 6 nitrogen and oxygen atoms in total. The highest BCUT2D eigenvalue weighted by Crippen LogP contribution is 2.35. The summed E-state index contributed by atoms with van der Waals surface area (Å²) in [5.74, 6) is 0. The van der Waals surface area contributed by atoms with Gasteiger partial charge in [0.15, 0.2) is 0 Å². The monoisotopic (exact) mass is 640 g/mol. The van der Waals surface area contributed by atoms with Crippen LogP contribution in [0.15, 0.2) is 170 Å². The Morgan fingerprint density at radius 2 is 0.840 bits per heavy atom. The number of benzene rings is 4. The summed E-state index contributed by atoms with van der Waals surface area (Å²) in [5, 5.41) is 2.29. The van der Waals surface area contributed by atoms with Gasteiger partial charge in [0.25, 0.3) is 0 Å². The van der Waals surface area contributed by atoms with E-state index in [1.165, 1.54) is 0 Å². The lowest BCUT2D eigenvalue weighted by Crippen LogP contribution is -1.96. The Kier molecular flexibility index (Phi) is 6.39. The number of nitrogens with zero attached hydrogens (tertiary/aromatic N) is 6. The molecule has 0 aliphatic rings. The van der Waals surface area contributed by atoms with E-state index in [9.17, 15) is 0 Å². The van der Waals surface area contributed by atoms with Gasteiger partial charge in [0.1, 0.15) is 0 Å². The van der Waals surface area contributed by atoms with Gasteiger partial charge in [0.05, 0.1) is 50.2 Å². The van der Waals surface area contributed by atoms with Crippen molar-refractivity contribution in [3.63, 3.8) is 0 Å². The van der Waals surface area contributed by atoms with E-state index in [1.807, 2.05) is 48.9 Å². The van der Waals surface area contributed by atoms with Gasteiger partial charge in [-0.05, 0) is 96.1 Å². The van der Waals surface area contributed by atoms with E-state index in [2.05, 4.69) is 135 Å². The summed E-state index contributed by atoms with van der Waals surface area (Å²) < 4.78 is 4.56. The van der Waals surface area contributed by atoms with Crippen molar-refractivity contribution >= 4 is 43.9 Å². The summed E-state index contributed by atoms with van der Waals surface area (Å²) in [6.45, 7) is 0. The number of pyridine rings is 4. The topological polar surface area (TPSA) is 61.4 Å². The molecule has 0 aliphatic carbocycles. The van der Waals surface area contributed by atoms with Gasteiger partial charge in [-0.1, -0.05) is 66.7 Å². The van der Waals surface area contributed by atoms with Gasteiger partial charge < -0.3 is 9.13 Å². The van der Waals surface area contributed by atoms with Gasteiger partial charge in [-0.2, -0.15) is 0 Å². The zero-order valence-corrected chi connectivity index (χ0v) is 26.8. The van der Waals surface area contributed by atoms with Crippen LogP contribution in [0, 0.1) is 0 Å². The molecule has 0 N–H and O–H groups in total. The second kappa shape index (κ2) is 11.4. The summed E-state index contributed by atoms with van der Waals surface area (Å²) in [6, 6.07) is 52.7. The summed E-state index contributed by atoms with van der Waals surface area (Å²) >= 11 is 0. The van der Waals surface area contributed by atoms with E-state index < -0.39 is 0 Å². The average Bonchev–Trinajstić information content (AvgIpc) is 3.71. The molecule has 0 bridgehead atoms. The molecule has 6 heterocycles. The predicted molar refractivity (Wildman–Crippen MR) is 203 cm³/mol. The quantitative estimate of drug-likeness (QED) is 0.188. The molecule has 0 amide bonds. The molecule has 0 saturated carbocycles. The molecule has 6 heteroatoms. The normalized spacial score (nSPS) is 11.6. The standard InChI is InChI=1S/C44H28N6/c1-3-12-39-34(9-1)43-41(14-7-25-46-43)49(39)32-20-16-29(17-21-32)31-27-37(48-38(28-31)36-11-5-6-24-45-36)30-18-22-33(23-19-30)50-40-13-4-2-10-35(40)44-42(50)15-8-26-47-44/h1-28H. The zero-order valence-electron chi connectivity index (χ0n) is 26.8. The van der Waals surface area contributed by atoms with Crippen LogP contribution in [0.2, 0.25) is 0 Å². The van der Waals surface area contributed by atoms with Gasteiger partial charge in [-0.25, -0.2) is 4.98 Å². The molecule has 0 atom stereocenters. The van der Waals surface area contributed by atoms with Crippen LogP contribution >= 0.6 is 0 Å². The van der Waals surface area contributed by atoms with Crippen LogP contribution in [0.4, 0.5) is 0 Å². The zero-order chi connectivity index (χ0) is 33.0. The molecule has 0 fully saturated rings. The Labute approximate surface area is 287 Å². The van der Waals surface area contributed by atoms with E-state index >= 15 is 0 Å². The summed E-state index contributed by atoms with van der Waals surface area (Å²) in [4.78, 5) is 19.2. The minimum Gasteiger partial charge on any atom is -0.308 e. The third-order valence-corrected chi connectivity index (χ3v) is 9.49. The van der Waals surface area contributed by atoms with Crippen LogP contribution in [-0.4, -0.2) is 29.1 Å². The lowest BCUT2D eigenvalue weighted by molar-refractivity contribution is 1.17. The fraction of sp³-hybridized carbons (Fsp3) is 0. The van der Waals surface area contributed by atoms with E-state index in [1.54, 1.807) is 0 Å². The van der Waals surface area contributed by atoms with Crippen molar-refractivity contribution in [2.45, 2.75) is 0 Å². The molecule has 0 saturated heterocycles. The van der Waals surface area contributed by atoms with Crippen LogP contribution in [0.5, 0.6) is 0 Å². The molecule has 10 rings (SSSR count). The Hall–Kier alpha value is -6.92. The lowest BCUT2D eigenvalue weighted by atomic mass is 10.0. The van der Waals surface area contributed by atoms with E-state index in [-0.39, 0.29) is 0 Å². The lowest BCUT2D eigenvalue weighted by Gasteiger charge is -2.13. The number of rotatable bonds is 5. The second-order valence-corrected chi connectivity index (χ2v) is 12.4. The fourth-order valence-corrected chi connectivity index (χ4v) is 7.20. The number of fused-ring (bicyclic) bond motifs is 6. The SMILES string of the molecule is c1ccc(-c2cc(-c3ccc(-n4c5ccccc5c5ncccc54)cc3)cc(-c3ccc(-n4c5ccccc5c5ncccc54)cc3)n2)nc1. The third-order valence-electron chi connectivity index (χ3n) is 9.49. The highest BCUT2D eigenvalue weighted by Gasteiger charge is 2.16. The Bertz CT molecular complexity index is 2570. The van der Waals surface area contributed by atoms with Crippen molar-refractivity contribution in [3.05, 3.63) is 170 Å². The fourth-order valence-electron chi connectivity index (χ4n) is 7.20. The van der Waals surface area contributed by atoms with Crippen LogP contribution in [0.3, 0.4) is 0 Å². The highest BCUT2D eigenvalue weighted by molar-refractivity contribution is 6.08. The van der Waals surface area contributed by atoms with Crippen LogP contribution < -0.4 is 0 Å². The summed E-state index contributed by atoms with van der Waals surface area (Å²) in [5.41, 5.74) is 14.4. The molecular formula is C44H28N6. The van der Waals surface area contributed by atoms with Crippen molar-refractivity contribution < 1.29 is 0 Å². The van der Waals surface area contributed by atoms with Gasteiger partial charge in [-0.3, -0.25) is 15.0 Å². The van der Waals surface area contributed by atoms with Crippen LogP contribution in [0.1, 0.15) is 0 Å². The summed E-state index contributed by atoms with van der Waals surface area (Å²) in [6.07, 6.45) is 5.53. The van der Waals surface area contributed by atoms with Gasteiger partial charge in [0.2, 0.25) is 0 Å². The maximum atomic E-state index is 5.13.